The van der Waals surface area contributed by atoms with Gasteiger partial charge in [0.25, 0.3) is 8.32 Å². The van der Waals surface area contributed by atoms with E-state index in [0.717, 1.165) is 5.76 Å². The highest BCUT2D eigenvalue weighted by Gasteiger charge is 2.75. The van der Waals surface area contributed by atoms with E-state index in [4.69, 9.17) is 4.43 Å². The van der Waals surface area contributed by atoms with Gasteiger partial charge in [0.15, 0.2) is 0 Å². The van der Waals surface area contributed by atoms with Gasteiger partial charge in [0, 0.05) is 26.8 Å². The SMILES string of the molecule is CC1=C(C)C(C)([Si]2(C3(C)C(C)=C(C)C(C)=C3C)OC(c3ccccc3)=C3C=CC=CC32)C(C)=C1C. The zero-order valence-corrected chi connectivity index (χ0v) is 24.2. The molecule has 0 N–H and O–H groups in total. The Morgan fingerprint density at radius 3 is 1.57 bits per heavy atom. The predicted molar refractivity (Wildman–Crippen MR) is 152 cm³/mol. The fourth-order valence-corrected chi connectivity index (χ4v) is 15.2. The molecule has 1 atom stereocenters. The monoisotopic (exact) mass is 480 g/mol. The predicted octanol–water partition coefficient (Wildman–Crippen LogP) is 9.76. The zero-order chi connectivity index (χ0) is 25.5. The number of allylic oxidation sites excluding steroid dienone is 13. The van der Waals surface area contributed by atoms with E-state index in [1.165, 1.54) is 55.7 Å². The maximum atomic E-state index is 7.81. The Bertz CT molecular complexity index is 1250. The van der Waals surface area contributed by atoms with Gasteiger partial charge in [-0.05, 0) is 77.7 Å². The second-order valence-electron chi connectivity index (χ2n) is 11.5. The molecule has 1 aromatic carbocycles. The van der Waals surface area contributed by atoms with Crippen molar-refractivity contribution in [3.8, 4) is 0 Å². The molecule has 0 amide bonds. The van der Waals surface area contributed by atoms with Crippen molar-refractivity contribution in [2.45, 2.75) is 84.9 Å². The first-order chi connectivity index (χ1) is 16.5. The van der Waals surface area contributed by atoms with E-state index < -0.39 is 8.32 Å². The average Bonchev–Trinajstić information content (AvgIpc) is 3.37. The van der Waals surface area contributed by atoms with Crippen molar-refractivity contribution in [3.63, 3.8) is 0 Å². The van der Waals surface area contributed by atoms with Crippen LogP contribution in [0.4, 0.5) is 0 Å². The van der Waals surface area contributed by atoms with Crippen LogP contribution < -0.4 is 0 Å². The first-order valence-electron chi connectivity index (χ1n) is 13.0. The lowest BCUT2D eigenvalue weighted by molar-refractivity contribution is 0.433. The van der Waals surface area contributed by atoms with Crippen LogP contribution in [0.5, 0.6) is 0 Å². The third kappa shape index (κ3) is 2.64. The van der Waals surface area contributed by atoms with Crippen LogP contribution in [-0.4, -0.2) is 8.32 Å². The van der Waals surface area contributed by atoms with Gasteiger partial charge in [0.05, 0.1) is 0 Å². The summed E-state index contributed by atoms with van der Waals surface area (Å²) in [5.74, 6) is 1.09. The molecule has 1 aromatic rings. The normalized spacial score (nSPS) is 26.4. The van der Waals surface area contributed by atoms with Crippen molar-refractivity contribution < 1.29 is 4.43 Å². The minimum Gasteiger partial charge on any atom is -0.539 e. The highest BCUT2D eigenvalue weighted by atomic mass is 28.4. The lowest BCUT2D eigenvalue weighted by Crippen LogP contribution is -2.60. The van der Waals surface area contributed by atoms with E-state index >= 15 is 0 Å². The molecule has 35 heavy (non-hydrogen) atoms. The quantitative estimate of drug-likeness (QED) is 0.391. The summed E-state index contributed by atoms with van der Waals surface area (Å²) >= 11 is 0. The van der Waals surface area contributed by atoms with Gasteiger partial charge < -0.3 is 4.43 Å². The molecule has 5 rings (SSSR count). The molecule has 0 saturated carbocycles. The number of benzene rings is 1. The smallest absolute Gasteiger partial charge is 0.290 e. The molecule has 1 unspecified atom stereocenters. The number of hydrogen-bond acceptors (Lipinski definition) is 1. The minimum absolute atomic E-state index is 0.134. The van der Waals surface area contributed by atoms with Crippen molar-refractivity contribution >= 4 is 14.1 Å². The first kappa shape index (κ1) is 24.1. The molecular formula is C33H40OSi. The summed E-state index contributed by atoms with van der Waals surface area (Å²) in [5.41, 5.74) is 14.6. The molecule has 0 spiro atoms. The van der Waals surface area contributed by atoms with Crippen molar-refractivity contribution in [2.75, 3.05) is 0 Å². The molecule has 0 aromatic heterocycles. The topological polar surface area (TPSA) is 9.23 Å². The molecule has 3 aliphatic carbocycles. The Balaban J connectivity index is 1.91. The Hall–Kier alpha value is -2.58. The molecule has 0 fully saturated rings. The maximum absolute atomic E-state index is 7.81. The van der Waals surface area contributed by atoms with Crippen molar-refractivity contribution in [3.05, 3.63) is 110 Å². The van der Waals surface area contributed by atoms with Crippen LogP contribution in [0.2, 0.25) is 15.6 Å². The number of fused-ring (bicyclic) bond motifs is 1. The van der Waals surface area contributed by atoms with Crippen LogP contribution in [0, 0.1) is 0 Å². The van der Waals surface area contributed by atoms with E-state index in [1.54, 1.807) is 0 Å². The van der Waals surface area contributed by atoms with Gasteiger partial charge in [-0.15, -0.1) is 0 Å². The van der Waals surface area contributed by atoms with Gasteiger partial charge >= 0.3 is 0 Å². The van der Waals surface area contributed by atoms with Crippen LogP contribution in [0.1, 0.15) is 74.8 Å². The largest absolute Gasteiger partial charge is 0.539 e. The molecule has 2 heteroatoms. The fourth-order valence-electron chi connectivity index (χ4n) is 7.84. The van der Waals surface area contributed by atoms with Gasteiger partial charge in [-0.1, -0.05) is 90.8 Å². The summed E-state index contributed by atoms with van der Waals surface area (Å²) in [6.07, 6.45) is 9.26. The third-order valence-electron chi connectivity index (χ3n) is 10.9. The molecule has 1 nitrogen and oxygen atoms in total. The van der Waals surface area contributed by atoms with Crippen LogP contribution in [0.15, 0.2) is 105 Å². The van der Waals surface area contributed by atoms with Crippen LogP contribution >= 0.6 is 0 Å². The van der Waals surface area contributed by atoms with Crippen LogP contribution in [0.3, 0.4) is 0 Å². The number of rotatable bonds is 3. The Labute approximate surface area is 213 Å². The highest BCUT2D eigenvalue weighted by Crippen LogP contribution is 2.77. The second kappa shape index (κ2) is 7.71. The molecule has 182 valence electrons. The minimum atomic E-state index is -2.79. The standard InChI is InChI=1S/C33H40OSi/c1-20-21(2)25(6)32(9,24(20)5)35(33(10)26(7)22(3)23(4)27(33)8)30-19-15-14-18-29(30)31(34-35)28-16-12-11-13-17-28/h11-19,30H,1-10H3. The fraction of sp³-hybridized carbons (Fsp3) is 0.394. The van der Waals surface area contributed by atoms with Gasteiger partial charge in [-0.3, -0.25) is 0 Å². The highest BCUT2D eigenvalue weighted by molar-refractivity contribution is 6.86. The average molecular weight is 481 g/mol. The Morgan fingerprint density at radius 2 is 1.11 bits per heavy atom. The molecule has 1 heterocycles. The van der Waals surface area contributed by atoms with Gasteiger partial charge in [-0.2, -0.15) is 0 Å². The second-order valence-corrected chi connectivity index (χ2v) is 15.8. The summed E-state index contributed by atoms with van der Waals surface area (Å²) in [5, 5.41) is -0.267. The molecule has 0 bridgehead atoms. The Kier molecular flexibility index (Phi) is 5.31. The Morgan fingerprint density at radius 1 is 0.657 bits per heavy atom. The number of hydrogen-bond donors (Lipinski definition) is 0. The molecule has 0 radical (unpaired) electrons. The maximum Gasteiger partial charge on any atom is 0.290 e. The molecular weight excluding hydrogens is 440 g/mol. The van der Waals surface area contributed by atoms with Gasteiger partial charge in [0.1, 0.15) is 5.76 Å². The molecule has 1 aliphatic heterocycles. The van der Waals surface area contributed by atoms with Crippen molar-refractivity contribution in [1.82, 2.24) is 0 Å². The van der Waals surface area contributed by atoms with Crippen molar-refractivity contribution in [2.24, 2.45) is 0 Å². The summed E-state index contributed by atoms with van der Waals surface area (Å²) < 4.78 is 7.81. The summed E-state index contributed by atoms with van der Waals surface area (Å²) in [6.45, 7) is 23.8. The van der Waals surface area contributed by atoms with Gasteiger partial charge in [-0.25, -0.2) is 0 Å². The summed E-state index contributed by atoms with van der Waals surface area (Å²) in [4.78, 5) is 0. The molecule has 4 aliphatic rings. The van der Waals surface area contributed by atoms with E-state index in [9.17, 15) is 0 Å². The molecule has 0 saturated heterocycles. The first-order valence-corrected chi connectivity index (χ1v) is 15.0. The van der Waals surface area contributed by atoms with Crippen molar-refractivity contribution in [1.29, 1.82) is 0 Å². The van der Waals surface area contributed by atoms with Crippen LogP contribution in [-0.2, 0) is 4.43 Å². The van der Waals surface area contributed by atoms with E-state index in [2.05, 4.69) is 124 Å². The third-order valence-corrected chi connectivity index (χ3v) is 17.3. The van der Waals surface area contributed by atoms with E-state index in [-0.39, 0.29) is 15.6 Å². The summed E-state index contributed by atoms with van der Waals surface area (Å²) in [7, 11) is -2.79. The van der Waals surface area contributed by atoms with Gasteiger partial charge in [0.2, 0.25) is 0 Å². The summed E-state index contributed by atoms with van der Waals surface area (Å²) in [6, 6.07) is 10.8. The lowest BCUT2D eigenvalue weighted by Gasteiger charge is -2.56. The van der Waals surface area contributed by atoms with E-state index in [0.29, 0.717) is 0 Å². The van der Waals surface area contributed by atoms with E-state index in [1.807, 2.05) is 0 Å². The zero-order valence-electron chi connectivity index (χ0n) is 23.2. The van der Waals surface area contributed by atoms with Crippen LogP contribution in [0.25, 0.3) is 5.76 Å². The lowest BCUT2D eigenvalue weighted by atomic mass is 9.95.